The van der Waals surface area contributed by atoms with Gasteiger partial charge in [-0.05, 0) is 18.8 Å². The molecule has 26 heavy (non-hydrogen) atoms. The average molecular weight is 391 g/mol. The fourth-order valence-electron chi connectivity index (χ4n) is 2.04. The number of nitrogens with two attached hydrogens (primary N) is 1. The van der Waals surface area contributed by atoms with Crippen LogP contribution in [0.4, 0.5) is 0 Å². The molecule has 3 amide bonds. The van der Waals surface area contributed by atoms with Gasteiger partial charge < -0.3 is 26.8 Å². The van der Waals surface area contributed by atoms with Crippen LogP contribution in [0.1, 0.15) is 34.6 Å². The van der Waals surface area contributed by atoms with Gasteiger partial charge >= 0.3 is 5.97 Å². The van der Waals surface area contributed by atoms with Crippen molar-refractivity contribution >= 4 is 36.3 Å². The standard InChI is InChI=1S/C16H30N4O5S/c1-7(2)11(19-13(21)9(5)17)15(23)18-10(6-26)14(22)20-12(8(3)4)16(24)25/h7-12,26H,6,17H2,1-5H3,(H,18,23)(H,19,21)(H,20,22)(H,24,25). The minimum atomic E-state index is -1.16. The van der Waals surface area contributed by atoms with Crippen molar-refractivity contribution in [2.75, 3.05) is 5.75 Å². The van der Waals surface area contributed by atoms with Crippen molar-refractivity contribution in [3.8, 4) is 0 Å². The number of nitrogens with one attached hydrogen (secondary N) is 3. The Morgan fingerprint density at radius 1 is 0.846 bits per heavy atom. The van der Waals surface area contributed by atoms with Gasteiger partial charge in [0, 0.05) is 5.75 Å². The number of carbonyl (C=O) groups excluding carboxylic acids is 3. The summed E-state index contributed by atoms with van der Waals surface area (Å²) in [5.74, 6) is -3.49. The zero-order valence-corrected chi connectivity index (χ0v) is 16.7. The van der Waals surface area contributed by atoms with E-state index in [2.05, 4.69) is 28.6 Å². The summed E-state index contributed by atoms with van der Waals surface area (Å²) in [5, 5.41) is 16.6. The number of rotatable bonds is 10. The van der Waals surface area contributed by atoms with E-state index in [4.69, 9.17) is 10.8 Å². The summed E-state index contributed by atoms with van der Waals surface area (Å²) in [7, 11) is 0. The van der Waals surface area contributed by atoms with Crippen LogP contribution in [0.3, 0.4) is 0 Å². The van der Waals surface area contributed by atoms with E-state index in [0.29, 0.717) is 0 Å². The van der Waals surface area contributed by atoms with Crippen molar-refractivity contribution in [2.45, 2.75) is 58.8 Å². The van der Waals surface area contributed by atoms with Crippen LogP contribution in [0.15, 0.2) is 0 Å². The summed E-state index contributed by atoms with van der Waals surface area (Å²) in [4.78, 5) is 47.8. The second kappa shape index (κ2) is 11.0. The minimum Gasteiger partial charge on any atom is -0.480 e. The number of hydrogen-bond acceptors (Lipinski definition) is 6. The Morgan fingerprint density at radius 2 is 1.31 bits per heavy atom. The number of carboxylic acids is 1. The van der Waals surface area contributed by atoms with Crippen molar-refractivity contribution in [1.82, 2.24) is 16.0 Å². The van der Waals surface area contributed by atoms with Crippen LogP contribution in [0.5, 0.6) is 0 Å². The monoisotopic (exact) mass is 390 g/mol. The van der Waals surface area contributed by atoms with Crippen LogP contribution in [0, 0.1) is 11.8 Å². The van der Waals surface area contributed by atoms with Crippen LogP contribution in [-0.4, -0.2) is 58.7 Å². The SMILES string of the molecule is CC(N)C(=O)NC(C(=O)NC(CS)C(=O)NC(C(=O)O)C(C)C)C(C)C. The maximum atomic E-state index is 12.5. The summed E-state index contributed by atoms with van der Waals surface area (Å²) >= 11 is 4.05. The van der Waals surface area contributed by atoms with Crippen molar-refractivity contribution in [3.63, 3.8) is 0 Å². The topological polar surface area (TPSA) is 151 Å². The lowest BCUT2D eigenvalue weighted by Crippen LogP contribution is -2.59. The van der Waals surface area contributed by atoms with E-state index in [1.807, 2.05) is 0 Å². The Bertz CT molecular complexity index is 525. The van der Waals surface area contributed by atoms with E-state index < -0.39 is 47.9 Å². The molecule has 4 atom stereocenters. The van der Waals surface area contributed by atoms with E-state index in [-0.39, 0.29) is 17.6 Å². The summed E-state index contributed by atoms with van der Waals surface area (Å²) in [6, 6.07) is -3.79. The molecule has 0 saturated carbocycles. The summed E-state index contributed by atoms with van der Waals surface area (Å²) in [6.45, 7) is 8.28. The number of carbonyl (C=O) groups is 4. The number of hydrogen-bond donors (Lipinski definition) is 6. The average Bonchev–Trinajstić information content (AvgIpc) is 2.53. The van der Waals surface area contributed by atoms with E-state index >= 15 is 0 Å². The molecule has 0 radical (unpaired) electrons. The summed E-state index contributed by atoms with van der Waals surface area (Å²) in [5.41, 5.74) is 5.50. The van der Waals surface area contributed by atoms with E-state index in [1.165, 1.54) is 6.92 Å². The summed E-state index contributed by atoms with van der Waals surface area (Å²) < 4.78 is 0. The molecular weight excluding hydrogens is 360 g/mol. The number of amides is 3. The molecule has 0 spiro atoms. The molecule has 4 unspecified atom stereocenters. The van der Waals surface area contributed by atoms with E-state index in [1.54, 1.807) is 27.7 Å². The maximum absolute atomic E-state index is 12.5. The molecule has 0 aromatic heterocycles. The van der Waals surface area contributed by atoms with Crippen LogP contribution >= 0.6 is 12.6 Å². The highest BCUT2D eigenvalue weighted by atomic mass is 32.1. The molecule has 0 saturated heterocycles. The van der Waals surface area contributed by atoms with Crippen LogP contribution in [0.2, 0.25) is 0 Å². The van der Waals surface area contributed by atoms with Gasteiger partial charge in [0.05, 0.1) is 6.04 Å². The first-order chi connectivity index (χ1) is 11.9. The molecule has 6 N–H and O–H groups in total. The van der Waals surface area contributed by atoms with Crippen LogP contribution in [0.25, 0.3) is 0 Å². The lowest BCUT2D eigenvalue weighted by molar-refractivity contribution is -0.143. The highest BCUT2D eigenvalue weighted by Gasteiger charge is 2.31. The van der Waals surface area contributed by atoms with Crippen molar-refractivity contribution < 1.29 is 24.3 Å². The molecule has 0 aliphatic rings. The Balaban J connectivity index is 5.10. The van der Waals surface area contributed by atoms with Gasteiger partial charge in [-0.3, -0.25) is 14.4 Å². The predicted octanol–water partition coefficient (Wildman–Crippen LogP) is -0.886. The molecule has 150 valence electrons. The number of thiol groups is 1. The largest absolute Gasteiger partial charge is 0.480 e. The molecule has 0 heterocycles. The third kappa shape index (κ3) is 7.61. The first-order valence-electron chi connectivity index (χ1n) is 8.42. The fraction of sp³-hybridized carbons (Fsp3) is 0.750. The number of carboxylic acid groups (broad SMARTS) is 1. The Morgan fingerprint density at radius 3 is 1.65 bits per heavy atom. The zero-order chi connectivity index (χ0) is 20.6. The van der Waals surface area contributed by atoms with Gasteiger partial charge in [-0.15, -0.1) is 0 Å². The predicted molar refractivity (Wildman–Crippen MR) is 101 cm³/mol. The fourth-order valence-corrected chi connectivity index (χ4v) is 2.30. The quantitative estimate of drug-likeness (QED) is 0.266. The normalized spacial score (nSPS) is 15.7. The van der Waals surface area contributed by atoms with Gasteiger partial charge in [0.2, 0.25) is 17.7 Å². The van der Waals surface area contributed by atoms with Crippen LogP contribution < -0.4 is 21.7 Å². The first kappa shape index (κ1) is 24.2. The van der Waals surface area contributed by atoms with E-state index in [9.17, 15) is 19.2 Å². The molecule has 0 aliphatic heterocycles. The number of aliphatic carboxylic acids is 1. The van der Waals surface area contributed by atoms with Gasteiger partial charge in [0.25, 0.3) is 0 Å². The van der Waals surface area contributed by atoms with Crippen LogP contribution in [-0.2, 0) is 19.2 Å². The molecule has 0 fully saturated rings. The molecule has 10 heteroatoms. The third-order valence-corrected chi connectivity index (χ3v) is 4.07. The summed E-state index contributed by atoms with van der Waals surface area (Å²) in [6.07, 6.45) is 0. The van der Waals surface area contributed by atoms with Crippen molar-refractivity contribution in [3.05, 3.63) is 0 Å². The Labute approximate surface area is 159 Å². The van der Waals surface area contributed by atoms with Crippen molar-refractivity contribution in [2.24, 2.45) is 17.6 Å². The molecule has 0 aromatic carbocycles. The Kier molecular flexibility index (Phi) is 10.3. The van der Waals surface area contributed by atoms with Gasteiger partial charge in [-0.25, -0.2) is 4.79 Å². The molecule has 0 bridgehead atoms. The van der Waals surface area contributed by atoms with Crippen molar-refractivity contribution in [1.29, 1.82) is 0 Å². The smallest absolute Gasteiger partial charge is 0.326 e. The highest BCUT2D eigenvalue weighted by Crippen LogP contribution is 2.05. The molecule has 0 aliphatic carbocycles. The van der Waals surface area contributed by atoms with Gasteiger partial charge in [0.15, 0.2) is 0 Å². The molecule has 0 rings (SSSR count). The zero-order valence-electron chi connectivity index (χ0n) is 15.8. The molecule has 0 aromatic rings. The molecular formula is C16H30N4O5S. The molecule has 9 nitrogen and oxygen atoms in total. The second-order valence-corrected chi connectivity index (χ2v) is 7.20. The third-order valence-electron chi connectivity index (χ3n) is 3.71. The maximum Gasteiger partial charge on any atom is 0.326 e. The van der Waals surface area contributed by atoms with Gasteiger partial charge in [-0.1, -0.05) is 27.7 Å². The Hall–Kier alpha value is -1.81. The first-order valence-corrected chi connectivity index (χ1v) is 9.05. The van der Waals surface area contributed by atoms with Gasteiger partial charge in [-0.2, -0.15) is 12.6 Å². The lowest BCUT2D eigenvalue weighted by Gasteiger charge is -2.26. The van der Waals surface area contributed by atoms with E-state index in [0.717, 1.165) is 0 Å². The second-order valence-electron chi connectivity index (χ2n) is 6.83. The van der Waals surface area contributed by atoms with Gasteiger partial charge in [0.1, 0.15) is 18.1 Å². The highest BCUT2D eigenvalue weighted by molar-refractivity contribution is 7.80. The minimum absolute atomic E-state index is 0.0337. The lowest BCUT2D eigenvalue weighted by atomic mass is 10.0.